The fourth-order valence-corrected chi connectivity index (χ4v) is 2.34. The summed E-state index contributed by atoms with van der Waals surface area (Å²) in [5.41, 5.74) is 0. The highest BCUT2D eigenvalue weighted by atomic mass is 127. The normalized spacial score (nSPS) is 17.6. The molecule has 1 atom stereocenters. The lowest BCUT2D eigenvalue weighted by molar-refractivity contribution is 0.158. The average molecular weight is 444 g/mol. The minimum atomic E-state index is -2.44. The molecule has 0 saturated heterocycles. The number of aliphatic imine (C=N–C) groups is 1. The number of nitrogens with zero attached hydrogens (tertiary/aromatic N) is 4. The SMILES string of the molecule is CCNC(=NCC(F)F)NC1CCc2nc(COC)nn2C1.I. The zero-order valence-corrected chi connectivity index (χ0v) is 15.6. The maximum absolute atomic E-state index is 12.3. The molecular weight excluding hydrogens is 421 g/mol. The minimum absolute atomic E-state index is 0. The van der Waals surface area contributed by atoms with Gasteiger partial charge in [-0.1, -0.05) is 0 Å². The molecule has 1 unspecified atom stereocenters. The standard InChI is InChI=1S/C13H22F2N6O.HI/c1-3-16-13(17-6-10(14)15)18-9-4-5-12-19-11(8-22-2)20-21(12)7-9;/h9-10H,3-8H2,1-2H3,(H2,16,17,18);1H. The minimum Gasteiger partial charge on any atom is -0.377 e. The zero-order chi connectivity index (χ0) is 15.9. The van der Waals surface area contributed by atoms with Crippen molar-refractivity contribution in [3.63, 3.8) is 0 Å². The van der Waals surface area contributed by atoms with E-state index in [2.05, 4.69) is 25.7 Å². The smallest absolute Gasteiger partial charge is 0.257 e. The Morgan fingerprint density at radius 3 is 2.96 bits per heavy atom. The Kier molecular flexibility index (Phi) is 8.66. The number of hydrogen-bond donors (Lipinski definition) is 2. The molecule has 0 amide bonds. The molecule has 0 bridgehead atoms. The number of methoxy groups -OCH3 is 1. The number of hydrogen-bond acceptors (Lipinski definition) is 4. The molecule has 1 aromatic rings. The highest BCUT2D eigenvalue weighted by Crippen LogP contribution is 2.13. The number of aryl methyl sites for hydroxylation is 1. The Morgan fingerprint density at radius 2 is 2.30 bits per heavy atom. The number of ether oxygens (including phenoxy) is 1. The van der Waals surface area contributed by atoms with E-state index < -0.39 is 13.0 Å². The van der Waals surface area contributed by atoms with Crippen molar-refractivity contribution in [2.45, 2.75) is 45.4 Å². The van der Waals surface area contributed by atoms with Gasteiger partial charge in [-0.05, 0) is 13.3 Å². The monoisotopic (exact) mass is 444 g/mol. The third kappa shape index (κ3) is 6.16. The van der Waals surface area contributed by atoms with Crippen molar-refractivity contribution in [3.8, 4) is 0 Å². The summed E-state index contributed by atoms with van der Waals surface area (Å²) < 4.78 is 31.4. The van der Waals surface area contributed by atoms with Crippen molar-refractivity contribution in [2.75, 3.05) is 20.2 Å². The molecule has 2 rings (SSSR count). The van der Waals surface area contributed by atoms with Gasteiger partial charge < -0.3 is 15.4 Å². The van der Waals surface area contributed by atoms with E-state index >= 15 is 0 Å². The third-order valence-electron chi connectivity index (χ3n) is 3.25. The molecule has 0 spiro atoms. The quantitative estimate of drug-likeness (QED) is 0.392. The van der Waals surface area contributed by atoms with Gasteiger partial charge in [-0.15, -0.1) is 24.0 Å². The second kappa shape index (κ2) is 9.96. The highest BCUT2D eigenvalue weighted by Gasteiger charge is 2.22. The Labute approximate surface area is 151 Å². The molecule has 0 aliphatic carbocycles. The Balaban J connectivity index is 0.00000264. The van der Waals surface area contributed by atoms with Crippen LogP contribution < -0.4 is 10.6 Å². The summed E-state index contributed by atoms with van der Waals surface area (Å²) in [6, 6.07) is 0.0834. The molecule has 7 nitrogen and oxygen atoms in total. The third-order valence-corrected chi connectivity index (χ3v) is 3.25. The molecule has 23 heavy (non-hydrogen) atoms. The van der Waals surface area contributed by atoms with E-state index in [0.717, 1.165) is 18.7 Å². The van der Waals surface area contributed by atoms with Crippen molar-refractivity contribution >= 4 is 29.9 Å². The van der Waals surface area contributed by atoms with Crippen LogP contribution in [0, 0.1) is 0 Å². The maximum Gasteiger partial charge on any atom is 0.257 e. The lowest BCUT2D eigenvalue weighted by Gasteiger charge is -2.25. The van der Waals surface area contributed by atoms with E-state index in [1.165, 1.54) is 0 Å². The first-order chi connectivity index (χ1) is 10.6. The van der Waals surface area contributed by atoms with Crippen LogP contribution >= 0.6 is 24.0 Å². The van der Waals surface area contributed by atoms with E-state index in [0.29, 0.717) is 31.5 Å². The molecule has 0 aromatic carbocycles. The second-order valence-electron chi connectivity index (χ2n) is 5.05. The fraction of sp³-hybridized carbons (Fsp3) is 0.769. The van der Waals surface area contributed by atoms with Crippen molar-refractivity contribution in [1.29, 1.82) is 0 Å². The molecule has 132 valence electrons. The molecule has 0 radical (unpaired) electrons. The van der Waals surface area contributed by atoms with E-state index in [1.54, 1.807) is 7.11 Å². The van der Waals surface area contributed by atoms with Crippen LogP contribution in [0.2, 0.25) is 0 Å². The topological polar surface area (TPSA) is 76.4 Å². The van der Waals surface area contributed by atoms with Gasteiger partial charge in [0, 0.05) is 26.1 Å². The molecule has 0 saturated carbocycles. The summed E-state index contributed by atoms with van der Waals surface area (Å²) in [5, 5.41) is 10.5. The van der Waals surface area contributed by atoms with Crippen molar-refractivity contribution in [1.82, 2.24) is 25.4 Å². The second-order valence-corrected chi connectivity index (χ2v) is 5.05. The zero-order valence-electron chi connectivity index (χ0n) is 13.3. The maximum atomic E-state index is 12.3. The predicted octanol–water partition coefficient (Wildman–Crippen LogP) is 1.18. The Hall–Kier alpha value is -1.04. The number of nitrogens with one attached hydrogen (secondary N) is 2. The molecule has 1 aromatic heterocycles. The van der Waals surface area contributed by atoms with Gasteiger partial charge in [-0.2, -0.15) is 5.10 Å². The molecule has 2 heterocycles. The summed E-state index contributed by atoms with van der Waals surface area (Å²) in [7, 11) is 1.60. The summed E-state index contributed by atoms with van der Waals surface area (Å²) in [6.07, 6.45) is -0.812. The summed E-state index contributed by atoms with van der Waals surface area (Å²) >= 11 is 0. The van der Waals surface area contributed by atoms with Gasteiger partial charge in [-0.25, -0.2) is 23.4 Å². The van der Waals surface area contributed by atoms with Gasteiger partial charge in [0.2, 0.25) is 0 Å². The van der Waals surface area contributed by atoms with Crippen molar-refractivity contribution in [3.05, 3.63) is 11.6 Å². The van der Waals surface area contributed by atoms with Gasteiger partial charge in [0.1, 0.15) is 19.0 Å². The van der Waals surface area contributed by atoms with Crippen molar-refractivity contribution in [2.24, 2.45) is 4.99 Å². The lowest BCUT2D eigenvalue weighted by atomic mass is 10.1. The Bertz CT molecular complexity index is 511. The highest BCUT2D eigenvalue weighted by molar-refractivity contribution is 14.0. The molecule has 1 aliphatic rings. The van der Waals surface area contributed by atoms with Crippen molar-refractivity contribution < 1.29 is 13.5 Å². The van der Waals surface area contributed by atoms with E-state index in [4.69, 9.17) is 4.74 Å². The van der Waals surface area contributed by atoms with Crippen LogP contribution in [0.3, 0.4) is 0 Å². The number of rotatable bonds is 6. The predicted molar refractivity (Wildman–Crippen MR) is 93.4 cm³/mol. The van der Waals surface area contributed by atoms with Crippen LogP contribution in [-0.2, 0) is 24.3 Å². The van der Waals surface area contributed by atoms with E-state index in [-0.39, 0.29) is 30.0 Å². The molecule has 1 aliphatic heterocycles. The number of fused-ring (bicyclic) bond motifs is 1. The van der Waals surface area contributed by atoms with Gasteiger partial charge in [0.25, 0.3) is 6.43 Å². The largest absolute Gasteiger partial charge is 0.377 e. The first kappa shape index (κ1) is 20.0. The van der Waals surface area contributed by atoms with Gasteiger partial charge in [-0.3, -0.25) is 0 Å². The number of alkyl halides is 2. The van der Waals surface area contributed by atoms with E-state index in [1.807, 2.05) is 11.6 Å². The van der Waals surface area contributed by atoms with Crippen LogP contribution in [0.15, 0.2) is 4.99 Å². The molecule has 2 N–H and O–H groups in total. The summed E-state index contributed by atoms with van der Waals surface area (Å²) in [6.45, 7) is 3.03. The first-order valence-electron chi connectivity index (χ1n) is 7.37. The van der Waals surface area contributed by atoms with Crippen LogP contribution in [0.25, 0.3) is 0 Å². The van der Waals surface area contributed by atoms with Crippen LogP contribution in [0.1, 0.15) is 25.0 Å². The average Bonchev–Trinajstić information content (AvgIpc) is 2.87. The fourth-order valence-electron chi connectivity index (χ4n) is 2.34. The number of guanidine groups is 1. The van der Waals surface area contributed by atoms with Crippen LogP contribution in [0.4, 0.5) is 8.78 Å². The van der Waals surface area contributed by atoms with Gasteiger partial charge >= 0.3 is 0 Å². The van der Waals surface area contributed by atoms with Gasteiger partial charge in [0.15, 0.2) is 11.8 Å². The lowest BCUT2D eigenvalue weighted by Crippen LogP contribution is -2.47. The molecular formula is C13H23F2IN6O. The van der Waals surface area contributed by atoms with Gasteiger partial charge in [0.05, 0.1) is 6.54 Å². The Morgan fingerprint density at radius 1 is 1.52 bits per heavy atom. The van der Waals surface area contributed by atoms with Crippen LogP contribution in [0.5, 0.6) is 0 Å². The first-order valence-corrected chi connectivity index (χ1v) is 7.37. The molecule has 0 fully saturated rings. The summed E-state index contributed by atoms with van der Waals surface area (Å²) in [5.74, 6) is 2.00. The van der Waals surface area contributed by atoms with E-state index in [9.17, 15) is 8.78 Å². The summed E-state index contributed by atoms with van der Waals surface area (Å²) in [4.78, 5) is 8.28. The van der Waals surface area contributed by atoms with Crippen LogP contribution in [-0.4, -0.2) is 53.4 Å². The molecule has 10 heteroatoms. The number of halogens is 3. The number of aromatic nitrogens is 3.